The topological polar surface area (TPSA) is 26.0 Å². The van der Waals surface area contributed by atoms with Crippen LogP contribution in [0.3, 0.4) is 0 Å². The summed E-state index contributed by atoms with van der Waals surface area (Å²) in [5, 5.41) is 0.499. The molecule has 1 aromatic rings. The Hall–Kier alpha value is -0.860. The summed E-state index contributed by atoms with van der Waals surface area (Å²) in [7, 11) is 0. The number of halogens is 2. The van der Waals surface area contributed by atoms with Gasteiger partial charge in [0.05, 0.1) is 0 Å². The average Bonchev–Trinajstić information content (AvgIpc) is 2.08. The van der Waals surface area contributed by atoms with E-state index in [1.54, 1.807) is 6.07 Å². The number of rotatable bonds is 3. The van der Waals surface area contributed by atoms with Crippen molar-refractivity contribution in [3.8, 4) is 0 Å². The number of benzene rings is 1. The lowest BCUT2D eigenvalue weighted by atomic mass is 10.0. The van der Waals surface area contributed by atoms with Gasteiger partial charge in [-0.1, -0.05) is 17.2 Å². The van der Waals surface area contributed by atoms with Crippen LogP contribution < -0.4 is 5.73 Å². The Labute approximate surface area is 88.4 Å². The third kappa shape index (κ3) is 2.82. The van der Waals surface area contributed by atoms with Crippen LogP contribution >= 0.6 is 11.6 Å². The summed E-state index contributed by atoms with van der Waals surface area (Å²) in [6, 6.07) is 4.03. The molecule has 0 heterocycles. The lowest BCUT2D eigenvalue weighted by molar-refractivity contribution is 0.580. The molecule has 0 unspecified atom stereocenters. The molecule has 0 spiro atoms. The molecule has 0 saturated heterocycles. The van der Waals surface area contributed by atoms with Gasteiger partial charge in [-0.25, -0.2) is 4.39 Å². The predicted octanol–water partition coefficient (Wildman–Crippen LogP) is 3.45. The largest absolute Gasteiger partial charge is 0.324 e. The van der Waals surface area contributed by atoms with Gasteiger partial charge in [-0.15, -0.1) is 6.58 Å². The van der Waals surface area contributed by atoms with Crippen molar-refractivity contribution >= 4 is 11.6 Å². The minimum atomic E-state index is -0.369. The molecule has 14 heavy (non-hydrogen) atoms. The highest BCUT2D eigenvalue weighted by molar-refractivity contribution is 6.30. The van der Waals surface area contributed by atoms with Crippen LogP contribution in [0.4, 0.5) is 4.39 Å². The van der Waals surface area contributed by atoms with E-state index in [0.29, 0.717) is 17.0 Å². The van der Waals surface area contributed by atoms with E-state index in [-0.39, 0.29) is 11.9 Å². The van der Waals surface area contributed by atoms with Crippen LogP contribution in [0.2, 0.25) is 5.02 Å². The highest BCUT2D eigenvalue weighted by Crippen LogP contribution is 2.23. The summed E-state index contributed by atoms with van der Waals surface area (Å²) in [4.78, 5) is 0. The predicted molar refractivity (Wildman–Crippen MR) is 57.8 cm³/mol. The van der Waals surface area contributed by atoms with Crippen LogP contribution in [0.25, 0.3) is 0 Å². The fourth-order valence-corrected chi connectivity index (χ4v) is 1.46. The number of nitrogens with two attached hydrogens (primary N) is 1. The van der Waals surface area contributed by atoms with Crippen molar-refractivity contribution in [2.45, 2.75) is 19.4 Å². The molecule has 0 amide bonds. The van der Waals surface area contributed by atoms with Crippen LogP contribution in [0, 0.1) is 5.82 Å². The quantitative estimate of drug-likeness (QED) is 0.765. The van der Waals surface area contributed by atoms with Crippen LogP contribution in [0.1, 0.15) is 24.9 Å². The molecule has 1 atom stereocenters. The van der Waals surface area contributed by atoms with Gasteiger partial charge in [0.15, 0.2) is 0 Å². The Morgan fingerprint density at radius 2 is 2.29 bits per heavy atom. The molecule has 0 aliphatic rings. The Morgan fingerprint density at radius 3 is 2.86 bits per heavy atom. The molecule has 76 valence electrons. The molecule has 0 aliphatic heterocycles. The summed E-state index contributed by atoms with van der Waals surface area (Å²) < 4.78 is 13.3. The molecule has 0 radical (unpaired) electrons. The first kappa shape index (κ1) is 11.2. The van der Waals surface area contributed by atoms with E-state index in [2.05, 4.69) is 6.58 Å². The second-order valence-corrected chi connectivity index (χ2v) is 3.87. The highest BCUT2D eigenvalue weighted by atomic mass is 35.5. The Balaban J connectivity index is 2.93. The van der Waals surface area contributed by atoms with Gasteiger partial charge in [-0.2, -0.15) is 0 Å². The summed E-state index contributed by atoms with van der Waals surface area (Å²) in [6.45, 7) is 5.60. The van der Waals surface area contributed by atoms with Gasteiger partial charge in [0.25, 0.3) is 0 Å². The second-order valence-electron chi connectivity index (χ2n) is 3.43. The average molecular weight is 214 g/mol. The first-order valence-corrected chi connectivity index (χ1v) is 4.73. The normalized spacial score (nSPS) is 12.6. The first-order chi connectivity index (χ1) is 6.50. The molecule has 0 saturated carbocycles. The van der Waals surface area contributed by atoms with Crippen molar-refractivity contribution < 1.29 is 4.39 Å². The molecule has 1 aromatic carbocycles. The van der Waals surface area contributed by atoms with Gasteiger partial charge in [0.1, 0.15) is 5.82 Å². The van der Waals surface area contributed by atoms with E-state index in [4.69, 9.17) is 17.3 Å². The lowest BCUT2D eigenvalue weighted by Crippen LogP contribution is -2.12. The molecule has 2 N–H and O–H groups in total. The maximum absolute atomic E-state index is 13.3. The fraction of sp³-hybridized carbons (Fsp3) is 0.273. The van der Waals surface area contributed by atoms with E-state index < -0.39 is 0 Å². The maximum atomic E-state index is 13.3. The van der Waals surface area contributed by atoms with Gasteiger partial charge in [-0.3, -0.25) is 0 Å². The van der Waals surface area contributed by atoms with Crippen molar-refractivity contribution in [3.63, 3.8) is 0 Å². The van der Waals surface area contributed by atoms with Crippen LogP contribution in [0.15, 0.2) is 30.4 Å². The van der Waals surface area contributed by atoms with E-state index in [1.807, 2.05) is 6.92 Å². The third-order valence-corrected chi connectivity index (χ3v) is 2.16. The van der Waals surface area contributed by atoms with Gasteiger partial charge < -0.3 is 5.73 Å². The van der Waals surface area contributed by atoms with Gasteiger partial charge in [0, 0.05) is 16.6 Å². The molecular weight excluding hydrogens is 201 g/mol. The van der Waals surface area contributed by atoms with Crippen molar-refractivity contribution in [2.75, 3.05) is 0 Å². The van der Waals surface area contributed by atoms with E-state index in [1.165, 1.54) is 12.1 Å². The molecule has 1 nitrogen and oxygen atoms in total. The summed E-state index contributed by atoms with van der Waals surface area (Å²) >= 11 is 5.75. The molecule has 0 aromatic heterocycles. The second kappa shape index (κ2) is 4.58. The third-order valence-electron chi connectivity index (χ3n) is 1.93. The minimum Gasteiger partial charge on any atom is -0.324 e. The molecule has 1 rings (SSSR count). The Morgan fingerprint density at radius 1 is 1.64 bits per heavy atom. The zero-order valence-electron chi connectivity index (χ0n) is 8.06. The summed E-state index contributed by atoms with van der Waals surface area (Å²) in [6.07, 6.45) is 0.567. The van der Waals surface area contributed by atoms with Gasteiger partial charge >= 0.3 is 0 Å². The molecular formula is C11H13ClFN. The fourth-order valence-electron chi connectivity index (χ4n) is 1.28. The van der Waals surface area contributed by atoms with E-state index in [0.717, 1.165) is 5.57 Å². The monoisotopic (exact) mass is 213 g/mol. The molecule has 0 fully saturated rings. The number of hydrogen-bond acceptors (Lipinski definition) is 1. The zero-order valence-corrected chi connectivity index (χ0v) is 8.81. The Bertz CT molecular complexity index is 349. The smallest absolute Gasteiger partial charge is 0.128 e. The first-order valence-electron chi connectivity index (χ1n) is 4.35. The summed E-state index contributed by atoms with van der Waals surface area (Å²) in [5.41, 5.74) is 7.18. The Kier molecular flexibility index (Phi) is 3.67. The molecule has 0 bridgehead atoms. The van der Waals surface area contributed by atoms with Crippen molar-refractivity contribution in [3.05, 3.63) is 46.8 Å². The van der Waals surface area contributed by atoms with Crippen molar-refractivity contribution in [1.29, 1.82) is 0 Å². The van der Waals surface area contributed by atoms with E-state index in [9.17, 15) is 4.39 Å². The minimum absolute atomic E-state index is 0.317. The SMILES string of the molecule is C=C(C)C[C@H](N)c1cc(Cl)ccc1F. The van der Waals surface area contributed by atoms with Crippen LogP contribution in [-0.2, 0) is 0 Å². The standard InChI is InChI=1S/C11H13ClFN/c1-7(2)5-11(14)9-6-8(12)3-4-10(9)13/h3-4,6,11H,1,5,14H2,2H3/t11-/m0/s1. The number of hydrogen-bond donors (Lipinski definition) is 1. The van der Waals surface area contributed by atoms with Crippen LogP contribution in [-0.4, -0.2) is 0 Å². The molecule has 0 aliphatic carbocycles. The van der Waals surface area contributed by atoms with Crippen molar-refractivity contribution in [2.24, 2.45) is 5.73 Å². The summed E-state index contributed by atoms with van der Waals surface area (Å²) in [5.74, 6) is -0.317. The van der Waals surface area contributed by atoms with E-state index >= 15 is 0 Å². The molecule has 3 heteroatoms. The van der Waals surface area contributed by atoms with Gasteiger partial charge in [-0.05, 0) is 31.5 Å². The maximum Gasteiger partial charge on any atom is 0.128 e. The van der Waals surface area contributed by atoms with Crippen LogP contribution in [0.5, 0.6) is 0 Å². The zero-order chi connectivity index (χ0) is 10.7. The van der Waals surface area contributed by atoms with Gasteiger partial charge in [0.2, 0.25) is 0 Å². The van der Waals surface area contributed by atoms with Crippen molar-refractivity contribution in [1.82, 2.24) is 0 Å². The lowest BCUT2D eigenvalue weighted by Gasteiger charge is -2.12. The highest BCUT2D eigenvalue weighted by Gasteiger charge is 2.11.